The van der Waals surface area contributed by atoms with Gasteiger partial charge in [-0.05, 0) is 18.8 Å². The second-order valence-electron chi connectivity index (χ2n) is 2.64. The SMILES string of the molecule is CCC(CC)CON=C(C#N)C#N. The first kappa shape index (κ1) is 11.4. The fourth-order valence-electron chi connectivity index (χ4n) is 0.797. The molecule has 0 aliphatic carbocycles. The summed E-state index contributed by atoms with van der Waals surface area (Å²) in [5.41, 5.74) is -0.231. The first-order valence-electron chi connectivity index (χ1n) is 4.28. The Morgan fingerprint density at radius 2 is 1.85 bits per heavy atom. The van der Waals surface area contributed by atoms with Gasteiger partial charge in [0.1, 0.15) is 18.7 Å². The number of nitrogens with zero attached hydrogens (tertiary/aromatic N) is 3. The Morgan fingerprint density at radius 1 is 1.31 bits per heavy atom. The maximum atomic E-state index is 8.32. The molecule has 0 unspecified atom stereocenters. The van der Waals surface area contributed by atoms with Crippen molar-refractivity contribution in [2.24, 2.45) is 11.1 Å². The fraction of sp³-hybridized carbons (Fsp3) is 0.667. The van der Waals surface area contributed by atoms with E-state index in [1.54, 1.807) is 12.1 Å². The van der Waals surface area contributed by atoms with Gasteiger partial charge in [0, 0.05) is 0 Å². The van der Waals surface area contributed by atoms with E-state index in [9.17, 15) is 0 Å². The molecule has 0 heterocycles. The molecular formula is C9H13N3O. The first-order chi connectivity index (χ1) is 6.28. The molecular weight excluding hydrogens is 166 g/mol. The van der Waals surface area contributed by atoms with Crippen molar-refractivity contribution in [2.45, 2.75) is 26.7 Å². The summed E-state index contributed by atoms with van der Waals surface area (Å²) in [6.45, 7) is 4.60. The summed E-state index contributed by atoms with van der Waals surface area (Å²) in [6, 6.07) is 3.25. The van der Waals surface area contributed by atoms with Gasteiger partial charge in [0.2, 0.25) is 0 Å². The summed E-state index contributed by atoms with van der Waals surface area (Å²) < 4.78 is 0. The summed E-state index contributed by atoms with van der Waals surface area (Å²) in [7, 11) is 0. The Bertz CT molecular complexity index is 227. The van der Waals surface area contributed by atoms with E-state index in [0.29, 0.717) is 12.5 Å². The molecule has 70 valence electrons. The van der Waals surface area contributed by atoms with Gasteiger partial charge >= 0.3 is 0 Å². The van der Waals surface area contributed by atoms with Gasteiger partial charge in [-0.1, -0.05) is 19.0 Å². The van der Waals surface area contributed by atoms with Crippen molar-refractivity contribution >= 4 is 5.71 Å². The molecule has 0 rings (SSSR count). The normalized spacial score (nSPS) is 8.69. The van der Waals surface area contributed by atoms with Crippen molar-refractivity contribution in [1.82, 2.24) is 0 Å². The van der Waals surface area contributed by atoms with Crippen LogP contribution in [0.3, 0.4) is 0 Å². The van der Waals surface area contributed by atoms with E-state index in [-0.39, 0.29) is 5.71 Å². The zero-order valence-electron chi connectivity index (χ0n) is 7.95. The number of hydrogen-bond acceptors (Lipinski definition) is 4. The minimum atomic E-state index is -0.231. The zero-order chi connectivity index (χ0) is 10.1. The van der Waals surface area contributed by atoms with Crippen LogP contribution < -0.4 is 0 Å². The van der Waals surface area contributed by atoms with Crippen LogP contribution in [0, 0.1) is 28.6 Å². The molecule has 0 aliphatic rings. The van der Waals surface area contributed by atoms with Crippen molar-refractivity contribution in [1.29, 1.82) is 10.5 Å². The van der Waals surface area contributed by atoms with Crippen molar-refractivity contribution in [2.75, 3.05) is 6.61 Å². The monoisotopic (exact) mass is 179 g/mol. The standard InChI is InChI=1S/C9H13N3O/c1-3-8(4-2)7-13-12-9(5-10)6-11/h8H,3-4,7H2,1-2H3. The highest BCUT2D eigenvalue weighted by Crippen LogP contribution is 2.07. The summed E-state index contributed by atoms with van der Waals surface area (Å²) in [6.07, 6.45) is 2.03. The lowest BCUT2D eigenvalue weighted by atomic mass is 10.1. The lowest BCUT2D eigenvalue weighted by Crippen LogP contribution is -2.05. The van der Waals surface area contributed by atoms with Crippen LogP contribution in [-0.4, -0.2) is 12.3 Å². The summed E-state index contributed by atoms with van der Waals surface area (Å²) in [5.74, 6) is 0.447. The molecule has 0 amide bonds. The Hall–Kier alpha value is -1.55. The van der Waals surface area contributed by atoms with Gasteiger partial charge in [-0.2, -0.15) is 10.5 Å². The smallest absolute Gasteiger partial charge is 0.256 e. The highest BCUT2D eigenvalue weighted by atomic mass is 16.6. The van der Waals surface area contributed by atoms with E-state index < -0.39 is 0 Å². The molecule has 0 atom stereocenters. The summed E-state index contributed by atoms with van der Waals surface area (Å²) in [4.78, 5) is 4.86. The molecule has 4 heteroatoms. The number of hydrogen-bond donors (Lipinski definition) is 0. The van der Waals surface area contributed by atoms with E-state index in [0.717, 1.165) is 12.8 Å². The highest BCUT2D eigenvalue weighted by Gasteiger charge is 2.03. The van der Waals surface area contributed by atoms with Crippen molar-refractivity contribution < 1.29 is 4.84 Å². The van der Waals surface area contributed by atoms with Gasteiger partial charge < -0.3 is 4.84 Å². The Morgan fingerprint density at radius 3 is 2.23 bits per heavy atom. The predicted octanol–water partition coefficient (Wildman–Crippen LogP) is 1.84. The molecule has 0 radical (unpaired) electrons. The number of nitriles is 2. The second kappa shape index (κ2) is 7.12. The van der Waals surface area contributed by atoms with Crippen LogP contribution in [0.4, 0.5) is 0 Å². The maximum Gasteiger partial charge on any atom is 0.256 e. The van der Waals surface area contributed by atoms with Gasteiger partial charge in [-0.25, -0.2) is 0 Å². The fourth-order valence-corrected chi connectivity index (χ4v) is 0.797. The van der Waals surface area contributed by atoms with Crippen LogP contribution in [0.1, 0.15) is 26.7 Å². The molecule has 0 aromatic rings. The van der Waals surface area contributed by atoms with E-state index in [4.69, 9.17) is 15.4 Å². The third kappa shape index (κ3) is 4.81. The van der Waals surface area contributed by atoms with Crippen molar-refractivity contribution in [3.8, 4) is 12.1 Å². The topological polar surface area (TPSA) is 69.2 Å². The Kier molecular flexibility index (Phi) is 6.27. The molecule has 0 spiro atoms. The lowest BCUT2D eigenvalue weighted by Gasteiger charge is -2.08. The maximum absolute atomic E-state index is 8.32. The van der Waals surface area contributed by atoms with Gasteiger partial charge in [-0.3, -0.25) is 0 Å². The largest absolute Gasteiger partial charge is 0.394 e. The number of rotatable bonds is 5. The van der Waals surface area contributed by atoms with Crippen LogP contribution >= 0.6 is 0 Å². The summed E-state index contributed by atoms with van der Waals surface area (Å²) in [5, 5.41) is 20.0. The number of oxime groups is 1. The molecule has 13 heavy (non-hydrogen) atoms. The van der Waals surface area contributed by atoms with Crippen LogP contribution in [-0.2, 0) is 4.84 Å². The van der Waals surface area contributed by atoms with Gasteiger partial charge in [0.15, 0.2) is 0 Å². The molecule has 0 saturated heterocycles. The predicted molar refractivity (Wildman–Crippen MR) is 48.7 cm³/mol. The Balaban J connectivity index is 3.85. The Labute approximate surface area is 78.4 Å². The summed E-state index contributed by atoms with van der Waals surface area (Å²) >= 11 is 0. The van der Waals surface area contributed by atoms with Crippen LogP contribution in [0.2, 0.25) is 0 Å². The van der Waals surface area contributed by atoms with Crippen LogP contribution in [0.25, 0.3) is 0 Å². The van der Waals surface area contributed by atoms with E-state index >= 15 is 0 Å². The highest BCUT2D eigenvalue weighted by molar-refractivity contribution is 6.09. The molecule has 0 bridgehead atoms. The lowest BCUT2D eigenvalue weighted by molar-refractivity contribution is 0.104. The van der Waals surface area contributed by atoms with Crippen molar-refractivity contribution in [3.05, 3.63) is 0 Å². The third-order valence-corrected chi connectivity index (χ3v) is 1.83. The minimum absolute atomic E-state index is 0.231. The quantitative estimate of drug-likeness (QED) is 0.477. The molecule has 0 aromatic heterocycles. The molecule has 0 aliphatic heterocycles. The molecule has 0 N–H and O–H groups in total. The van der Waals surface area contributed by atoms with E-state index in [1.165, 1.54) is 0 Å². The first-order valence-corrected chi connectivity index (χ1v) is 4.28. The van der Waals surface area contributed by atoms with Crippen LogP contribution in [0.15, 0.2) is 5.16 Å². The van der Waals surface area contributed by atoms with Gasteiger partial charge in [-0.15, -0.1) is 0 Å². The van der Waals surface area contributed by atoms with Crippen molar-refractivity contribution in [3.63, 3.8) is 0 Å². The average molecular weight is 179 g/mol. The average Bonchev–Trinajstić information content (AvgIpc) is 2.19. The minimum Gasteiger partial charge on any atom is -0.394 e. The van der Waals surface area contributed by atoms with E-state index in [1.807, 2.05) is 0 Å². The molecule has 4 nitrogen and oxygen atoms in total. The molecule has 0 aromatic carbocycles. The van der Waals surface area contributed by atoms with E-state index in [2.05, 4.69) is 19.0 Å². The third-order valence-electron chi connectivity index (χ3n) is 1.83. The molecule has 0 fully saturated rings. The second-order valence-corrected chi connectivity index (χ2v) is 2.64. The zero-order valence-corrected chi connectivity index (χ0v) is 7.95. The molecule has 0 saturated carbocycles. The van der Waals surface area contributed by atoms with Gasteiger partial charge in [0.05, 0.1) is 0 Å². The van der Waals surface area contributed by atoms with Gasteiger partial charge in [0.25, 0.3) is 5.71 Å². The van der Waals surface area contributed by atoms with Crippen LogP contribution in [0.5, 0.6) is 0 Å².